The van der Waals surface area contributed by atoms with E-state index in [4.69, 9.17) is 4.74 Å². The van der Waals surface area contributed by atoms with Crippen molar-refractivity contribution in [2.45, 2.75) is 37.6 Å². The van der Waals surface area contributed by atoms with Gasteiger partial charge < -0.3 is 35.3 Å². The van der Waals surface area contributed by atoms with Crippen LogP contribution < -0.4 is 15.4 Å². The number of nitrogens with one attached hydrogen (secondary N) is 3. The number of carbonyl (C=O) groups is 2. The second-order valence-corrected chi connectivity index (χ2v) is 10.1. The van der Waals surface area contributed by atoms with Crippen LogP contribution in [0.4, 0.5) is 19.7 Å². The summed E-state index contributed by atoms with van der Waals surface area (Å²) in [4.78, 5) is 33.2. The van der Waals surface area contributed by atoms with E-state index in [-0.39, 0.29) is 24.5 Å². The van der Waals surface area contributed by atoms with Crippen LogP contribution in [0.15, 0.2) is 42.5 Å². The maximum atomic E-state index is 13.6. The van der Waals surface area contributed by atoms with Crippen molar-refractivity contribution in [3.63, 3.8) is 0 Å². The SMILES string of the molecule is CCCNC(=O)N1CCC2(CC1)CN(C(=O)Nc1ccc(F)cc1)[C@H](CO)c1[nH]c3cc(OC)ccc3c12. The number of anilines is 1. The number of aromatic amines is 1. The highest BCUT2D eigenvalue weighted by Gasteiger charge is 2.49. The first-order chi connectivity index (χ1) is 18.4. The van der Waals surface area contributed by atoms with Gasteiger partial charge in [-0.3, -0.25) is 0 Å². The number of hydrogen-bond donors (Lipinski definition) is 4. The number of benzene rings is 2. The van der Waals surface area contributed by atoms with E-state index >= 15 is 0 Å². The largest absolute Gasteiger partial charge is 0.497 e. The zero-order valence-corrected chi connectivity index (χ0v) is 21.7. The lowest BCUT2D eigenvalue weighted by Crippen LogP contribution is -2.57. The zero-order chi connectivity index (χ0) is 26.9. The Morgan fingerprint density at radius 1 is 1.16 bits per heavy atom. The van der Waals surface area contributed by atoms with Crippen LogP contribution >= 0.6 is 0 Å². The quantitative estimate of drug-likeness (QED) is 0.399. The number of fused-ring (bicyclic) bond motifs is 4. The van der Waals surface area contributed by atoms with Crippen LogP contribution in [0.3, 0.4) is 0 Å². The van der Waals surface area contributed by atoms with Gasteiger partial charge in [0.05, 0.1) is 19.8 Å². The minimum atomic E-state index is -0.597. The Labute approximate surface area is 220 Å². The molecule has 9 nitrogen and oxygen atoms in total. The first kappa shape index (κ1) is 25.8. The van der Waals surface area contributed by atoms with Crippen LogP contribution in [0, 0.1) is 5.82 Å². The molecule has 0 saturated carbocycles. The Bertz CT molecular complexity index is 1320. The monoisotopic (exact) mass is 523 g/mol. The van der Waals surface area contributed by atoms with Gasteiger partial charge in [-0.25, -0.2) is 14.0 Å². The number of aliphatic hydroxyl groups is 1. The predicted molar refractivity (Wildman–Crippen MR) is 143 cm³/mol. The number of ether oxygens (including phenoxy) is 1. The van der Waals surface area contributed by atoms with Gasteiger partial charge in [-0.2, -0.15) is 0 Å². The van der Waals surface area contributed by atoms with Crippen LogP contribution in [0.5, 0.6) is 5.75 Å². The molecule has 2 aliphatic rings. The molecule has 202 valence electrons. The van der Waals surface area contributed by atoms with Gasteiger partial charge in [0, 0.05) is 59.9 Å². The molecular formula is C28H34FN5O4. The molecule has 0 aliphatic carbocycles. The topological polar surface area (TPSA) is 110 Å². The van der Waals surface area contributed by atoms with Crippen LogP contribution in [0.25, 0.3) is 10.9 Å². The molecule has 1 atom stereocenters. The van der Waals surface area contributed by atoms with E-state index in [9.17, 15) is 19.1 Å². The zero-order valence-electron chi connectivity index (χ0n) is 21.7. The van der Waals surface area contributed by atoms with Gasteiger partial charge >= 0.3 is 12.1 Å². The van der Waals surface area contributed by atoms with Crippen molar-refractivity contribution in [1.29, 1.82) is 0 Å². The number of aliphatic hydroxyl groups excluding tert-OH is 1. The molecule has 10 heteroatoms. The number of H-pyrrole nitrogens is 1. The number of hydrogen-bond acceptors (Lipinski definition) is 4. The third-order valence-corrected chi connectivity index (χ3v) is 7.81. The molecule has 3 aromatic rings. The number of carbonyl (C=O) groups excluding carboxylic acids is 2. The average Bonchev–Trinajstić information content (AvgIpc) is 3.33. The Morgan fingerprint density at radius 3 is 2.55 bits per heavy atom. The Hall–Kier alpha value is -3.79. The second kappa shape index (κ2) is 10.5. The highest BCUT2D eigenvalue weighted by atomic mass is 19.1. The molecule has 2 aliphatic heterocycles. The summed E-state index contributed by atoms with van der Waals surface area (Å²) in [7, 11) is 1.61. The molecule has 4 N–H and O–H groups in total. The van der Waals surface area contributed by atoms with Gasteiger partial charge in [-0.15, -0.1) is 0 Å². The van der Waals surface area contributed by atoms with Gasteiger partial charge in [-0.1, -0.05) is 6.92 Å². The van der Waals surface area contributed by atoms with Gasteiger partial charge in [0.25, 0.3) is 0 Å². The smallest absolute Gasteiger partial charge is 0.322 e. The number of methoxy groups -OCH3 is 1. The molecule has 3 heterocycles. The lowest BCUT2D eigenvalue weighted by Gasteiger charge is -2.50. The van der Waals surface area contributed by atoms with E-state index in [0.717, 1.165) is 28.6 Å². The predicted octanol–water partition coefficient (Wildman–Crippen LogP) is 4.35. The highest BCUT2D eigenvalue weighted by Crippen LogP contribution is 2.49. The van der Waals surface area contributed by atoms with Crippen molar-refractivity contribution in [2.75, 3.05) is 45.2 Å². The summed E-state index contributed by atoms with van der Waals surface area (Å²) >= 11 is 0. The number of nitrogens with zero attached hydrogens (tertiary/aromatic N) is 2. The van der Waals surface area contributed by atoms with Crippen molar-refractivity contribution in [1.82, 2.24) is 20.1 Å². The normalized spacial score (nSPS) is 18.4. The first-order valence-electron chi connectivity index (χ1n) is 13.1. The third-order valence-electron chi connectivity index (χ3n) is 7.81. The minimum Gasteiger partial charge on any atom is -0.497 e. The number of urea groups is 2. The fourth-order valence-corrected chi connectivity index (χ4v) is 5.84. The maximum absolute atomic E-state index is 13.6. The van der Waals surface area contributed by atoms with Gasteiger partial charge in [0.1, 0.15) is 11.6 Å². The minimum absolute atomic E-state index is 0.0689. The summed E-state index contributed by atoms with van der Waals surface area (Å²) in [5.41, 5.74) is 2.80. The molecule has 0 bridgehead atoms. The van der Waals surface area contributed by atoms with E-state index in [2.05, 4.69) is 15.6 Å². The van der Waals surface area contributed by atoms with Gasteiger partial charge in [0.2, 0.25) is 0 Å². The van der Waals surface area contributed by atoms with Crippen molar-refractivity contribution in [2.24, 2.45) is 0 Å². The Kier molecular flexibility index (Phi) is 7.16. The fraction of sp³-hybridized carbons (Fsp3) is 0.429. The standard InChI is InChI=1S/C28H34FN5O4/c1-3-12-30-26(36)33-13-10-28(11-14-33)17-34(27(37)31-19-6-4-18(29)5-7-19)23(16-35)25-24(28)21-9-8-20(38-2)15-22(21)32-25/h4-9,15,23,32,35H,3,10-14,16-17H2,1-2H3,(H,30,36)(H,31,37)/t23-/m1/s1. The number of halogens is 1. The maximum Gasteiger partial charge on any atom is 0.322 e. The van der Waals surface area contributed by atoms with E-state index in [1.54, 1.807) is 12.0 Å². The molecule has 5 rings (SSSR count). The number of piperidine rings is 1. The molecule has 38 heavy (non-hydrogen) atoms. The molecule has 1 spiro atoms. The van der Waals surface area contributed by atoms with Crippen molar-refractivity contribution < 1.29 is 23.8 Å². The van der Waals surface area contributed by atoms with Crippen molar-refractivity contribution in [3.05, 3.63) is 59.5 Å². The summed E-state index contributed by atoms with van der Waals surface area (Å²) in [6.45, 7) is 3.86. The Balaban J connectivity index is 1.52. The molecule has 0 radical (unpaired) electrons. The van der Waals surface area contributed by atoms with Crippen LogP contribution in [-0.2, 0) is 5.41 Å². The molecule has 0 unspecified atom stereocenters. The number of amides is 4. The van der Waals surface area contributed by atoms with E-state index in [1.165, 1.54) is 24.3 Å². The summed E-state index contributed by atoms with van der Waals surface area (Å²) < 4.78 is 18.8. The van der Waals surface area contributed by atoms with Gasteiger partial charge in [0.15, 0.2) is 0 Å². The number of aromatic nitrogens is 1. The third kappa shape index (κ3) is 4.64. The van der Waals surface area contributed by atoms with Gasteiger partial charge in [-0.05, 0) is 61.2 Å². The number of likely N-dealkylation sites (tertiary alicyclic amines) is 1. The molecule has 1 saturated heterocycles. The van der Waals surface area contributed by atoms with Crippen LogP contribution in [-0.4, -0.2) is 71.8 Å². The fourth-order valence-electron chi connectivity index (χ4n) is 5.84. The Morgan fingerprint density at radius 2 is 1.89 bits per heavy atom. The lowest BCUT2D eigenvalue weighted by atomic mass is 9.68. The van der Waals surface area contributed by atoms with Crippen LogP contribution in [0.1, 0.15) is 43.5 Å². The molecule has 1 aromatic heterocycles. The number of rotatable bonds is 5. The average molecular weight is 524 g/mol. The lowest BCUT2D eigenvalue weighted by molar-refractivity contribution is 0.0786. The molecule has 2 aromatic carbocycles. The second-order valence-electron chi connectivity index (χ2n) is 10.1. The van der Waals surface area contributed by atoms with Crippen LogP contribution in [0.2, 0.25) is 0 Å². The highest BCUT2D eigenvalue weighted by molar-refractivity contribution is 5.92. The van der Waals surface area contributed by atoms with E-state index < -0.39 is 11.5 Å². The summed E-state index contributed by atoms with van der Waals surface area (Å²) in [6.07, 6.45) is 2.19. The summed E-state index contributed by atoms with van der Waals surface area (Å²) in [6, 6.07) is 10.4. The van der Waals surface area contributed by atoms with Crippen molar-refractivity contribution >= 4 is 28.7 Å². The van der Waals surface area contributed by atoms with E-state index in [1.807, 2.05) is 30.0 Å². The summed E-state index contributed by atoms with van der Waals surface area (Å²) in [5.74, 6) is 0.319. The first-order valence-corrected chi connectivity index (χ1v) is 13.1. The van der Waals surface area contributed by atoms with Crippen molar-refractivity contribution in [3.8, 4) is 5.75 Å². The summed E-state index contributed by atoms with van der Waals surface area (Å²) in [5, 5.41) is 17.3. The molecule has 1 fully saturated rings. The molecular weight excluding hydrogens is 489 g/mol. The van der Waals surface area contributed by atoms with E-state index in [0.29, 0.717) is 50.5 Å². The molecule has 4 amide bonds.